The number of fused-ring (bicyclic) bond motifs is 1. The van der Waals surface area contributed by atoms with Crippen LogP contribution in [-0.2, 0) is 14.9 Å². The number of benzene rings is 2. The summed E-state index contributed by atoms with van der Waals surface area (Å²) in [4.78, 5) is 0. The maximum atomic E-state index is 13.4. The lowest BCUT2D eigenvalue weighted by Crippen LogP contribution is -2.47. The van der Waals surface area contributed by atoms with Crippen molar-refractivity contribution in [1.29, 1.82) is 0 Å². The zero-order valence-electron chi connectivity index (χ0n) is 15.1. The number of nitrogens with zero attached hydrogens (tertiary/aromatic N) is 2. The molecule has 1 fully saturated rings. The number of ether oxygens (including phenoxy) is 2. The van der Waals surface area contributed by atoms with E-state index in [2.05, 4.69) is 10.1 Å². The molecule has 29 heavy (non-hydrogen) atoms. The third-order valence-electron chi connectivity index (χ3n) is 4.56. The van der Waals surface area contributed by atoms with Crippen LogP contribution < -0.4 is 18.7 Å². The molecule has 1 saturated heterocycles. The second kappa shape index (κ2) is 7.39. The van der Waals surface area contributed by atoms with Crippen LogP contribution in [0.2, 0.25) is 0 Å². The van der Waals surface area contributed by atoms with Crippen molar-refractivity contribution >= 4 is 27.3 Å². The van der Waals surface area contributed by atoms with E-state index in [9.17, 15) is 21.6 Å². The van der Waals surface area contributed by atoms with Crippen molar-refractivity contribution in [1.82, 2.24) is 5.32 Å². The average Bonchev–Trinajstić information content (AvgIpc) is 2.89. The molecule has 4 rings (SSSR count). The summed E-state index contributed by atoms with van der Waals surface area (Å²) in [6.07, 6.45) is -5.34. The number of anilines is 3. The molecule has 7 nitrogen and oxygen atoms in total. The highest BCUT2D eigenvalue weighted by Gasteiger charge is 2.44. The van der Waals surface area contributed by atoms with Gasteiger partial charge in [0, 0.05) is 13.1 Å². The van der Waals surface area contributed by atoms with Crippen molar-refractivity contribution < 1.29 is 31.1 Å². The van der Waals surface area contributed by atoms with E-state index in [1.165, 1.54) is 24.3 Å². The van der Waals surface area contributed by atoms with Gasteiger partial charge in [0.05, 0.1) is 30.6 Å². The van der Waals surface area contributed by atoms with Crippen LogP contribution in [0.5, 0.6) is 5.75 Å². The van der Waals surface area contributed by atoms with Crippen LogP contribution in [0.15, 0.2) is 48.5 Å². The van der Waals surface area contributed by atoms with Gasteiger partial charge in [0.25, 0.3) is 0 Å². The van der Waals surface area contributed by atoms with Gasteiger partial charge in [-0.1, -0.05) is 24.3 Å². The highest BCUT2D eigenvalue weighted by atomic mass is 32.2. The van der Waals surface area contributed by atoms with Gasteiger partial charge in [0.15, 0.2) is 5.75 Å². The second-order valence-corrected chi connectivity index (χ2v) is 8.21. The predicted molar refractivity (Wildman–Crippen MR) is 101 cm³/mol. The maximum Gasteiger partial charge on any atom is 0.573 e. The Labute approximate surface area is 165 Å². The van der Waals surface area contributed by atoms with Crippen LogP contribution in [-0.4, -0.2) is 47.1 Å². The summed E-state index contributed by atoms with van der Waals surface area (Å²) in [7, 11) is -4.21. The summed E-state index contributed by atoms with van der Waals surface area (Å²) >= 11 is 0. The van der Waals surface area contributed by atoms with Crippen molar-refractivity contribution in [2.45, 2.75) is 12.5 Å². The van der Waals surface area contributed by atoms with Crippen molar-refractivity contribution in [3.8, 4) is 5.75 Å². The highest BCUT2D eigenvalue weighted by molar-refractivity contribution is 7.95. The maximum absolute atomic E-state index is 13.4. The molecule has 1 atom stereocenters. The Morgan fingerprint density at radius 3 is 2.38 bits per heavy atom. The Morgan fingerprint density at radius 2 is 1.72 bits per heavy atom. The van der Waals surface area contributed by atoms with Gasteiger partial charge in [-0.25, -0.2) is 8.61 Å². The first-order chi connectivity index (χ1) is 13.8. The van der Waals surface area contributed by atoms with Crippen LogP contribution in [0.1, 0.15) is 0 Å². The number of rotatable bonds is 4. The van der Waals surface area contributed by atoms with Crippen LogP contribution in [0.25, 0.3) is 0 Å². The molecule has 0 radical (unpaired) electrons. The zero-order chi connectivity index (χ0) is 20.6. The molecule has 11 heteroatoms. The molecular formula is C18H18F3N3O4S. The monoisotopic (exact) mass is 429 g/mol. The fraction of sp³-hybridized carbons (Fsp3) is 0.333. The van der Waals surface area contributed by atoms with E-state index in [-0.39, 0.29) is 24.0 Å². The fourth-order valence-electron chi connectivity index (χ4n) is 3.40. The molecule has 2 aliphatic heterocycles. The van der Waals surface area contributed by atoms with Crippen LogP contribution in [0.3, 0.4) is 0 Å². The van der Waals surface area contributed by atoms with Gasteiger partial charge in [-0.15, -0.1) is 13.2 Å². The Kier molecular flexibility index (Phi) is 5.05. The first-order valence-electron chi connectivity index (χ1n) is 8.86. The number of alkyl halides is 3. The van der Waals surface area contributed by atoms with Gasteiger partial charge in [-0.2, -0.15) is 8.42 Å². The van der Waals surface area contributed by atoms with Crippen molar-refractivity contribution in [2.24, 2.45) is 0 Å². The summed E-state index contributed by atoms with van der Waals surface area (Å²) < 4.78 is 77.1. The molecule has 0 bridgehead atoms. The van der Waals surface area contributed by atoms with E-state index in [1.54, 1.807) is 18.2 Å². The Bertz CT molecular complexity index is 994. The molecule has 0 saturated carbocycles. The number of morpholine rings is 1. The summed E-state index contributed by atoms with van der Waals surface area (Å²) in [6, 6.07) is 11.6. The lowest BCUT2D eigenvalue weighted by Gasteiger charge is -2.29. The molecule has 0 aromatic heterocycles. The SMILES string of the molecule is O=S1(=O)N(CC2CNCCO2)c2ccccc2N1c1ccccc1OC(F)(F)F. The molecule has 1 unspecified atom stereocenters. The molecular weight excluding hydrogens is 411 g/mol. The lowest BCUT2D eigenvalue weighted by atomic mass is 10.2. The number of nitrogens with one attached hydrogen (secondary N) is 1. The molecule has 156 valence electrons. The van der Waals surface area contributed by atoms with Crippen molar-refractivity contribution in [2.75, 3.05) is 34.9 Å². The molecule has 2 aliphatic rings. The summed E-state index contributed by atoms with van der Waals surface area (Å²) in [5, 5.41) is 3.13. The van der Waals surface area contributed by atoms with Gasteiger partial charge >= 0.3 is 16.6 Å². The summed E-state index contributed by atoms with van der Waals surface area (Å²) in [5.74, 6) is -0.601. The van der Waals surface area contributed by atoms with Crippen LogP contribution in [0, 0.1) is 0 Å². The largest absolute Gasteiger partial charge is 0.573 e. The Hall–Kier alpha value is -2.50. The average molecular weight is 429 g/mol. The third-order valence-corrected chi connectivity index (χ3v) is 6.32. The number of halogens is 3. The standard InChI is InChI=1S/C18H18F3N3O4S/c19-18(20,21)28-17-8-4-3-7-16(17)24-15-6-2-1-5-14(15)23(29(24,25)26)12-13-11-22-9-10-27-13/h1-8,13,22H,9-12H2. The predicted octanol–water partition coefficient (Wildman–Crippen LogP) is 2.78. The topological polar surface area (TPSA) is 71.1 Å². The number of hydrogen-bond donors (Lipinski definition) is 1. The fourth-order valence-corrected chi connectivity index (χ4v) is 5.16. The molecule has 0 amide bonds. The lowest BCUT2D eigenvalue weighted by molar-refractivity contribution is -0.274. The zero-order valence-corrected chi connectivity index (χ0v) is 15.9. The Balaban J connectivity index is 1.77. The van der Waals surface area contributed by atoms with Crippen LogP contribution in [0.4, 0.5) is 30.2 Å². The quantitative estimate of drug-likeness (QED) is 0.810. The normalized spacial score (nSPS) is 21.1. The number of para-hydroxylation sites is 4. The van der Waals surface area contributed by atoms with E-state index in [4.69, 9.17) is 4.74 Å². The van der Waals surface area contributed by atoms with E-state index in [0.29, 0.717) is 25.4 Å². The molecule has 2 aromatic carbocycles. The van der Waals surface area contributed by atoms with Gasteiger partial charge in [0.2, 0.25) is 0 Å². The van der Waals surface area contributed by atoms with Gasteiger partial charge in [-0.3, -0.25) is 0 Å². The minimum atomic E-state index is -4.96. The second-order valence-electron chi connectivity index (χ2n) is 6.50. The molecule has 1 N–H and O–H groups in total. The molecule has 0 aliphatic carbocycles. The van der Waals surface area contributed by atoms with Crippen molar-refractivity contribution in [3.63, 3.8) is 0 Å². The first kappa shape index (κ1) is 19.8. The van der Waals surface area contributed by atoms with Gasteiger partial charge in [-0.05, 0) is 24.3 Å². The van der Waals surface area contributed by atoms with Crippen molar-refractivity contribution in [3.05, 3.63) is 48.5 Å². The first-order valence-corrected chi connectivity index (χ1v) is 10.3. The molecule has 0 spiro atoms. The van der Waals surface area contributed by atoms with Gasteiger partial charge < -0.3 is 14.8 Å². The summed E-state index contributed by atoms with van der Waals surface area (Å²) in [6.45, 7) is 1.63. The third kappa shape index (κ3) is 3.85. The van der Waals surface area contributed by atoms with Crippen LogP contribution >= 0.6 is 0 Å². The molecule has 2 heterocycles. The molecule has 2 aromatic rings. The smallest absolute Gasteiger partial charge is 0.404 e. The van der Waals surface area contributed by atoms with E-state index >= 15 is 0 Å². The Morgan fingerprint density at radius 1 is 1.07 bits per heavy atom. The minimum absolute atomic E-state index is 0.0329. The van der Waals surface area contributed by atoms with E-state index in [0.717, 1.165) is 14.7 Å². The number of hydrogen-bond acceptors (Lipinski definition) is 5. The highest BCUT2D eigenvalue weighted by Crippen LogP contribution is 2.48. The van der Waals surface area contributed by atoms with Gasteiger partial charge in [0.1, 0.15) is 5.69 Å². The minimum Gasteiger partial charge on any atom is -0.404 e. The van der Waals surface area contributed by atoms with E-state index in [1.807, 2.05) is 0 Å². The summed E-state index contributed by atoms with van der Waals surface area (Å²) in [5.41, 5.74) is 0.389. The van der Waals surface area contributed by atoms with E-state index < -0.39 is 22.3 Å².